The van der Waals surface area contributed by atoms with Gasteiger partial charge in [0.15, 0.2) is 0 Å². The summed E-state index contributed by atoms with van der Waals surface area (Å²) in [7, 11) is 0. The molecule has 14 heavy (non-hydrogen) atoms. The Balaban J connectivity index is 2.71. The minimum Gasteiger partial charge on any atom is -0.372 e. The van der Waals surface area contributed by atoms with E-state index < -0.39 is 0 Å². The molecule has 0 bridgehead atoms. The summed E-state index contributed by atoms with van der Waals surface area (Å²) in [4.78, 5) is 2.35. The van der Waals surface area contributed by atoms with Crippen LogP contribution >= 0.6 is 12.6 Å². The molecule has 0 amide bonds. The second kappa shape index (κ2) is 5.97. The molecule has 0 aromatic heterocycles. The van der Waals surface area contributed by atoms with Crippen molar-refractivity contribution in [3.05, 3.63) is 29.8 Å². The summed E-state index contributed by atoms with van der Waals surface area (Å²) in [5.41, 5.74) is 2.69. The average molecular weight is 209 g/mol. The standard InChI is InChI=1S/C12H19NS/c1-3-13(4-2)12-7-5-11(6-8-12)9-10-14/h5-8,14H,3-4,9-10H2,1-2H3. The first-order chi connectivity index (χ1) is 6.81. The fraction of sp³-hybridized carbons (Fsp3) is 0.500. The number of benzene rings is 1. The summed E-state index contributed by atoms with van der Waals surface area (Å²) in [5, 5.41) is 0. The van der Waals surface area contributed by atoms with Crippen LogP contribution in [0.3, 0.4) is 0 Å². The predicted octanol–water partition coefficient (Wildman–Crippen LogP) is 3.01. The van der Waals surface area contributed by atoms with Crippen LogP contribution in [0.25, 0.3) is 0 Å². The number of hydrogen-bond acceptors (Lipinski definition) is 2. The minimum atomic E-state index is 0.921. The van der Waals surface area contributed by atoms with Gasteiger partial charge < -0.3 is 4.90 Å². The molecule has 1 aromatic rings. The Morgan fingerprint density at radius 1 is 1.07 bits per heavy atom. The van der Waals surface area contributed by atoms with Gasteiger partial charge in [-0.25, -0.2) is 0 Å². The fourth-order valence-electron chi connectivity index (χ4n) is 1.59. The molecular weight excluding hydrogens is 190 g/mol. The van der Waals surface area contributed by atoms with Crippen molar-refractivity contribution in [2.24, 2.45) is 0 Å². The monoisotopic (exact) mass is 209 g/mol. The predicted molar refractivity (Wildman–Crippen MR) is 67.6 cm³/mol. The van der Waals surface area contributed by atoms with Gasteiger partial charge in [-0.2, -0.15) is 12.6 Å². The zero-order valence-electron chi connectivity index (χ0n) is 9.03. The van der Waals surface area contributed by atoms with Gasteiger partial charge in [0, 0.05) is 18.8 Å². The number of aryl methyl sites for hydroxylation is 1. The zero-order valence-corrected chi connectivity index (χ0v) is 9.93. The van der Waals surface area contributed by atoms with Crippen LogP contribution in [0.1, 0.15) is 19.4 Å². The molecule has 0 atom stereocenters. The Morgan fingerprint density at radius 3 is 2.07 bits per heavy atom. The quantitative estimate of drug-likeness (QED) is 0.730. The van der Waals surface area contributed by atoms with E-state index in [0.29, 0.717) is 0 Å². The molecule has 0 saturated carbocycles. The van der Waals surface area contributed by atoms with Crippen molar-refractivity contribution in [2.75, 3.05) is 23.7 Å². The lowest BCUT2D eigenvalue weighted by Crippen LogP contribution is -2.21. The molecular formula is C12H19NS. The van der Waals surface area contributed by atoms with Crippen molar-refractivity contribution in [3.8, 4) is 0 Å². The van der Waals surface area contributed by atoms with Crippen molar-refractivity contribution in [3.63, 3.8) is 0 Å². The maximum Gasteiger partial charge on any atom is 0.0366 e. The second-order valence-corrected chi connectivity index (χ2v) is 3.76. The van der Waals surface area contributed by atoms with Gasteiger partial charge in [-0.15, -0.1) is 0 Å². The van der Waals surface area contributed by atoms with E-state index in [1.807, 2.05) is 0 Å². The number of anilines is 1. The third kappa shape index (κ3) is 2.95. The zero-order chi connectivity index (χ0) is 10.4. The fourth-order valence-corrected chi connectivity index (χ4v) is 1.85. The van der Waals surface area contributed by atoms with E-state index in [4.69, 9.17) is 0 Å². The molecule has 0 heterocycles. The number of thiol groups is 1. The average Bonchev–Trinajstić information content (AvgIpc) is 2.23. The molecule has 0 N–H and O–H groups in total. The van der Waals surface area contributed by atoms with Gasteiger partial charge in [0.25, 0.3) is 0 Å². The number of rotatable bonds is 5. The smallest absolute Gasteiger partial charge is 0.0366 e. The maximum atomic E-state index is 4.22. The van der Waals surface area contributed by atoms with Gasteiger partial charge in [-0.05, 0) is 43.7 Å². The summed E-state index contributed by atoms with van der Waals surface area (Å²) >= 11 is 4.22. The minimum absolute atomic E-state index is 0.921. The highest BCUT2D eigenvalue weighted by Crippen LogP contribution is 2.15. The van der Waals surface area contributed by atoms with E-state index in [0.717, 1.165) is 25.3 Å². The van der Waals surface area contributed by atoms with Gasteiger partial charge in [-0.1, -0.05) is 12.1 Å². The first-order valence-corrected chi connectivity index (χ1v) is 5.89. The summed E-state index contributed by atoms with van der Waals surface area (Å²) < 4.78 is 0. The third-order valence-corrected chi connectivity index (χ3v) is 2.69. The lowest BCUT2D eigenvalue weighted by Gasteiger charge is -2.21. The van der Waals surface area contributed by atoms with E-state index in [-0.39, 0.29) is 0 Å². The lowest BCUT2D eigenvalue weighted by atomic mass is 10.1. The van der Waals surface area contributed by atoms with Crippen molar-refractivity contribution < 1.29 is 0 Å². The first kappa shape index (κ1) is 11.4. The highest BCUT2D eigenvalue weighted by molar-refractivity contribution is 7.80. The van der Waals surface area contributed by atoms with Crippen molar-refractivity contribution >= 4 is 18.3 Å². The molecule has 0 aliphatic carbocycles. The molecule has 1 rings (SSSR count). The van der Waals surface area contributed by atoms with Crippen molar-refractivity contribution in [1.82, 2.24) is 0 Å². The summed E-state index contributed by atoms with van der Waals surface area (Å²) in [5.74, 6) is 0.921. The molecule has 0 radical (unpaired) electrons. The third-order valence-electron chi connectivity index (χ3n) is 2.47. The lowest BCUT2D eigenvalue weighted by molar-refractivity contribution is 0.865. The summed E-state index contributed by atoms with van der Waals surface area (Å²) in [6.07, 6.45) is 1.06. The number of nitrogens with zero attached hydrogens (tertiary/aromatic N) is 1. The van der Waals surface area contributed by atoms with Crippen LogP contribution in [0, 0.1) is 0 Å². The Hall–Kier alpha value is -0.630. The normalized spacial score (nSPS) is 10.2. The molecule has 78 valence electrons. The van der Waals surface area contributed by atoms with Gasteiger partial charge in [-0.3, -0.25) is 0 Å². The van der Waals surface area contributed by atoms with Crippen molar-refractivity contribution in [2.45, 2.75) is 20.3 Å². The van der Waals surface area contributed by atoms with Gasteiger partial charge >= 0.3 is 0 Å². The molecule has 0 unspecified atom stereocenters. The SMILES string of the molecule is CCN(CC)c1ccc(CCS)cc1. The van der Waals surface area contributed by atoms with E-state index in [1.165, 1.54) is 11.3 Å². The van der Waals surface area contributed by atoms with E-state index in [1.54, 1.807) is 0 Å². The van der Waals surface area contributed by atoms with E-state index >= 15 is 0 Å². The van der Waals surface area contributed by atoms with Gasteiger partial charge in [0.05, 0.1) is 0 Å². The summed E-state index contributed by atoms with van der Waals surface area (Å²) in [6, 6.07) is 8.80. The summed E-state index contributed by atoms with van der Waals surface area (Å²) in [6.45, 7) is 6.51. The Morgan fingerprint density at radius 2 is 1.64 bits per heavy atom. The van der Waals surface area contributed by atoms with Crippen LogP contribution < -0.4 is 4.90 Å². The number of hydrogen-bond donors (Lipinski definition) is 1. The second-order valence-electron chi connectivity index (χ2n) is 3.31. The van der Waals surface area contributed by atoms with Gasteiger partial charge in [0.2, 0.25) is 0 Å². The molecule has 0 fully saturated rings. The van der Waals surface area contributed by atoms with Crippen LogP contribution in [0.5, 0.6) is 0 Å². The molecule has 0 aliphatic heterocycles. The highest BCUT2D eigenvalue weighted by atomic mass is 32.1. The van der Waals surface area contributed by atoms with Crippen LogP contribution in [0.15, 0.2) is 24.3 Å². The molecule has 1 aromatic carbocycles. The van der Waals surface area contributed by atoms with E-state index in [2.05, 4.69) is 55.6 Å². The molecule has 1 nitrogen and oxygen atoms in total. The Labute approximate surface area is 92.5 Å². The van der Waals surface area contributed by atoms with E-state index in [9.17, 15) is 0 Å². The maximum absolute atomic E-state index is 4.22. The van der Waals surface area contributed by atoms with Gasteiger partial charge in [0.1, 0.15) is 0 Å². The topological polar surface area (TPSA) is 3.24 Å². The Bertz CT molecular complexity index is 252. The van der Waals surface area contributed by atoms with Crippen LogP contribution in [0.4, 0.5) is 5.69 Å². The molecule has 0 aliphatic rings. The highest BCUT2D eigenvalue weighted by Gasteiger charge is 2.00. The van der Waals surface area contributed by atoms with Crippen molar-refractivity contribution in [1.29, 1.82) is 0 Å². The van der Waals surface area contributed by atoms with Crippen LogP contribution in [-0.4, -0.2) is 18.8 Å². The first-order valence-electron chi connectivity index (χ1n) is 5.26. The van der Waals surface area contributed by atoms with Crippen LogP contribution in [-0.2, 0) is 6.42 Å². The Kier molecular flexibility index (Phi) is 4.88. The molecule has 0 saturated heterocycles. The molecule has 0 spiro atoms. The van der Waals surface area contributed by atoms with Crippen LogP contribution in [0.2, 0.25) is 0 Å². The molecule has 2 heteroatoms. The largest absolute Gasteiger partial charge is 0.372 e.